The van der Waals surface area contributed by atoms with Crippen molar-refractivity contribution in [2.24, 2.45) is 0 Å². The molecular weight excluding hydrogens is 246 g/mol. The first-order valence-electron chi connectivity index (χ1n) is 6.21. The molecule has 0 fully saturated rings. The summed E-state index contributed by atoms with van der Waals surface area (Å²) in [4.78, 5) is 2.04. The van der Waals surface area contributed by atoms with Crippen LogP contribution in [0, 0.1) is 11.6 Å². The molecule has 0 saturated heterocycles. The van der Waals surface area contributed by atoms with E-state index >= 15 is 0 Å². The van der Waals surface area contributed by atoms with Crippen molar-refractivity contribution in [2.75, 3.05) is 17.2 Å². The molecule has 0 saturated carbocycles. The highest BCUT2D eigenvalue weighted by Gasteiger charge is 2.22. The minimum Gasteiger partial charge on any atom is -0.397 e. The minimum absolute atomic E-state index is 0.410. The van der Waals surface area contributed by atoms with Crippen LogP contribution in [0.25, 0.3) is 0 Å². The monoisotopic (exact) mass is 260 g/mol. The van der Waals surface area contributed by atoms with Gasteiger partial charge in [-0.3, -0.25) is 0 Å². The third-order valence-electron chi connectivity index (χ3n) is 3.49. The molecule has 2 nitrogen and oxygen atoms in total. The van der Waals surface area contributed by atoms with Crippen LogP contribution in [-0.2, 0) is 13.0 Å². The first-order valence-corrected chi connectivity index (χ1v) is 6.21. The summed E-state index contributed by atoms with van der Waals surface area (Å²) in [5.74, 6) is -1.06. The zero-order chi connectivity index (χ0) is 13.4. The number of halogens is 2. The van der Waals surface area contributed by atoms with Gasteiger partial charge in [-0.15, -0.1) is 0 Å². The van der Waals surface area contributed by atoms with Gasteiger partial charge in [-0.2, -0.15) is 0 Å². The molecular formula is C15H14F2N2. The number of fused-ring (bicyclic) bond motifs is 1. The number of rotatable bonds is 2. The molecule has 0 atom stereocenters. The first-order chi connectivity index (χ1) is 9.15. The van der Waals surface area contributed by atoms with Gasteiger partial charge in [0.2, 0.25) is 0 Å². The SMILES string of the molecule is Nc1cccc2c1N(Cc1ccc(F)cc1F)CC2. The van der Waals surface area contributed by atoms with Crippen LogP contribution in [0.4, 0.5) is 20.2 Å². The second-order valence-electron chi connectivity index (χ2n) is 4.76. The quantitative estimate of drug-likeness (QED) is 0.841. The molecule has 2 aromatic rings. The Balaban J connectivity index is 1.91. The Morgan fingerprint density at radius 1 is 1.16 bits per heavy atom. The van der Waals surface area contributed by atoms with Gasteiger partial charge in [0.15, 0.2) is 0 Å². The lowest BCUT2D eigenvalue weighted by molar-refractivity contribution is 0.570. The van der Waals surface area contributed by atoms with E-state index in [-0.39, 0.29) is 0 Å². The molecule has 3 rings (SSSR count). The molecule has 0 radical (unpaired) electrons. The summed E-state index contributed by atoms with van der Waals surface area (Å²) in [7, 11) is 0. The fourth-order valence-electron chi connectivity index (χ4n) is 2.58. The van der Waals surface area contributed by atoms with Crippen molar-refractivity contribution in [3.05, 3.63) is 59.2 Å². The molecule has 0 aliphatic carbocycles. The van der Waals surface area contributed by atoms with Crippen LogP contribution in [0.3, 0.4) is 0 Å². The van der Waals surface area contributed by atoms with Gasteiger partial charge in [0.1, 0.15) is 11.6 Å². The molecule has 2 aromatic carbocycles. The third kappa shape index (κ3) is 2.14. The van der Waals surface area contributed by atoms with Gasteiger partial charge in [0.25, 0.3) is 0 Å². The van der Waals surface area contributed by atoms with Crippen LogP contribution >= 0.6 is 0 Å². The minimum atomic E-state index is -0.553. The number of para-hydroxylation sites is 1. The lowest BCUT2D eigenvalue weighted by Gasteiger charge is -2.21. The van der Waals surface area contributed by atoms with Crippen molar-refractivity contribution in [3.8, 4) is 0 Å². The lowest BCUT2D eigenvalue weighted by atomic mass is 10.1. The van der Waals surface area contributed by atoms with Crippen molar-refractivity contribution >= 4 is 11.4 Å². The second-order valence-corrected chi connectivity index (χ2v) is 4.76. The normalized spacial score (nSPS) is 13.7. The first kappa shape index (κ1) is 12.0. The van der Waals surface area contributed by atoms with E-state index in [0.717, 1.165) is 24.7 Å². The van der Waals surface area contributed by atoms with Gasteiger partial charge in [-0.25, -0.2) is 8.78 Å². The van der Waals surface area contributed by atoms with Crippen LogP contribution in [0.15, 0.2) is 36.4 Å². The fourth-order valence-corrected chi connectivity index (χ4v) is 2.58. The Morgan fingerprint density at radius 3 is 2.79 bits per heavy atom. The van der Waals surface area contributed by atoms with Crippen molar-refractivity contribution in [1.29, 1.82) is 0 Å². The van der Waals surface area contributed by atoms with Gasteiger partial charge in [-0.1, -0.05) is 18.2 Å². The van der Waals surface area contributed by atoms with Gasteiger partial charge >= 0.3 is 0 Å². The average Bonchev–Trinajstić information content (AvgIpc) is 2.77. The highest BCUT2D eigenvalue weighted by molar-refractivity contribution is 5.74. The number of anilines is 2. The molecule has 19 heavy (non-hydrogen) atoms. The molecule has 0 amide bonds. The summed E-state index contributed by atoms with van der Waals surface area (Å²) in [6, 6.07) is 9.49. The Bertz CT molecular complexity index is 626. The number of nitrogen functional groups attached to an aromatic ring is 1. The molecule has 1 heterocycles. The largest absolute Gasteiger partial charge is 0.397 e. The summed E-state index contributed by atoms with van der Waals surface area (Å²) in [6.07, 6.45) is 0.906. The van der Waals surface area contributed by atoms with Crippen molar-refractivity contribution in [2.45, 2.75) is 13.0 Å². The van der Waals surface area contributed by atoms with Gasteiger partial charge in [0.05, 0.1) is 11.4 Å². The summed E-state index contributed by atoms with van der Waals surface area (Å²) < 4.78 is 26.6. The topological polar surface area (TPSA) is 29.3 Å². The number of nitrogens with two attached hydrogens (primary N) is 1. The van der Waals surface area contributed by atoms with Crippen LogP contribution in [0.2, 0.25) is 0 Å². The summed E-state index contributed by atoms with van der Waals surface area (Å²) in [5, 5.41) is 0. The molecule has 0 aromatic heterocycles. The molecule has 0 spiro atoms. The van der Waals surface area contributed by atoms with Crippen molar-refractivity contribution < 1.29 is 8.78 Å². The van der Waals surface area contributed by atoms with Crippen LogP contribution in [-0.4, -0.2) is 6.54 Å². The maximum atomic E-state index is 13.7. The van der Waals surface area contributed by atoms with Crippen LogP contribution in [0.1, 0.15) is 11.1 Å². The second kappa shape index (κ2) is 4.53. The Hall–Kier alpha value is -2.10. The van der Waals surface area contributed by atoms with E-state index in [4.69, 9.17) is 5.73 Å². The van der Waals surface area contributed by atoms with E-state index in [0.29, 0.717) is 17.8 Å². The molecule has 1 aliphatic heterocycles. The molecule has 0 unspecified atom stereocenters. The van der Waals surface area contributed by atoms with E-state index in [1.165, 1.54) is 17.7 Å². The predicted octanol–water partition coefficient (Wildman–Crippen LogP) is 3.11. The zero-order valence-corrected chi connectivity index (χ0v) is 10.4. The van der Waals surface area contributed by atoms with Crippen LogP contribution in [0.5, 0.6) is 0 Å². The molecule has 0 bridgehead atoms. The van der Waals surface area contributed by atoms with Crippen LogP contribution < -0.4 is 10.6 Å². The average molecular weight is 260 g/mol. The molecule has 2 N–H and O–H groups in total. The number of hydrogen-bond donors (Lipinski definition) is 1. The molecule has 98 valence electrons. The van der Waals surface area contributed by atoms with Gasteiger partial charge < -0.3 is 10.6 Å². The van der Waals surface area contributed by atoms with E-state index in [1.54, 1.807) is 0 Å². The maximum Gasteiger partial charge on any atom is 0.131 e. The number of nitrogens with zero attached hydrogens (tertiary/aromatic N) is 1. The van der Waals surface area contributed by atoms with E-state index in [1.807, 2.05) is 23.1 Å². The molecule has 4 heteroatoms. The third-order valence-corrected chi connectivity index (χ3v) is 3.49. The lowest BCUT2D eigenvalue weighted by Crippen LogP contribution is -2.21. The summed E-state index contributed by atoms with van der Waals surface area (Å²) in [6.45, 7) is 1.22. The van der Waals surface area contributed by atoms with Crippen molar-refractivity contribution in [3.63, 3.8) is 0 Å². The Kier molecular flexibility index (Phi) is 2.85. The van der Waals surface area contributed by atoms with Crippen molar-refractivity contribution in [1.82, 2.24) is 0 Å². The standard InChI is InChI=1S/C15H14F2N2/c16-12-5-4-11(13(17)8-12)9-19-7-6-10-2-1-3-14(18)15(10)19/h1-5,8H,6-7,9,18H2. The highest BCUT2D eigenvalue weighted by Crippen LogP contribution is 2.34. The summed E-state index contributed by atoms with van der Waals surface area (Å²) >= 11 is 0. The van der Waals surface area contributed by atoms with Gasteiger partial charge in [-0.05, 0) is 24.1 Å². The number of benzene rings is 2. The Morgan fingerprint density at radius 2 is 2.00 bits per heavy atom. The molecule has 1 aliphatic rings. The fraction of sp³-hybridized carbons (Fsp3) is 0.200. The van der Waals surface area contributed by atoms with E-state index < -0.39 is 11.6 Å². The number of hydrogen-bond acceptors (Lipinski definition) is 2. The van der Waals surface area contributed by atoms with E-state index in [9.17, 15) is 8.78 Å². The summed E-state index contributed by atoms with van der Waals surface area (Å²) in [5.41, 5.74) is 9.33. The predicted molar refractivity (Wildman–Crippen MR) is 72.0 cm³/mol. The smallest absolute Gasteiger partial charge is 0.131 e. The highest BCUT2D eigenvalue weighted by atomic mass is 19.1. The van der Waals surface area contributed by atoms with E-state index in [2.05, 4.69) is 0 Å². The Labute approximate surface area is 110 Å². The zero-order valence-electron chi connectivity index (χ0n) is 10.4. The van der Waals surface area contributed by atoms with Gasteiger partial charge in [0, 0.05) is 24.7 Å². The maximum absolute atomic E-state index is 13.7.